The van der Waals surface area contributed by atoms with Crippen LogP contribution >= 0.6 is 0 Å². The van der Waals surface area contributed by atoms with Crippen molar-refractivity contribution in [1.29, 1.82) is 0 Å². The first-order chi connectivity index (χ1) is 9.73. The number of hydrogen-bond acceptors (Lipinski definition) is 4. The summed E-state index contributed by atoms with van der Waals surface area (Å²) in [5.74, 6) is -1.02. The summed E-state index contributed by atoms with van der Waals surface area (Å²) in [6, 6.07) is 1.41. The lowest BCUT2D eigenvalue weighted by Crippen LogP contribution is -2.35. The van der Waals surface area contributed by atoms with Gasteiger partial charge in [0, 0.05) is 6.20 Å². The molecule has 2 rings (SSSR count). The first kappa shape index (κ1) is 15.3. The predicted octanol–water partition coefficient (Wildman–Crippen LogP) is 2.98. The van der Waals surface area contributed by atoms with Crippen LogP contribution in [-0.4, -0.2) is 32.7 Å². The molecule has 0 fully saturated rings. The molecule has 0 radical (unpaired) electrons. The van der Waals surface area contributed by atoms with Crippen molar-refractivity contribution >= 4 is 12.1 Å². The number of amides is 1. The van der Waals surface area contributed by atoms with Crippen LogP contribution in [0, 0.1) is 0 Å². The highest BCUT2D eigenvalue weighted by Gasteiger charge is 2.36. The highest BCUT2D eigenvalue weighted by molar-refractivity contribution is 5.87. The van der Waals surface area contributed by atoms with Crippen molar-refractivity contribution in [2.45, 2.75) is 52.3 Å². The second kappa shape index (κ2) is 5.35. The van der Waals surface area contributed by atoms with Crippen LogP contribution in [0.3, 0.4) is 0 Å². The number of carbonyl (C=O) groups is 2. The van der Waals surface area contributed by atoms with E-state index in [1.54, 1.807) is 11.0 Å². The standard InChI is InChI=1S/C15H20N2O4/c1-5-11-12-10(6-9(7-16-12)13(18)19)8-17(11)14(20)21-15(2,3)4/h6-7,11H,5,8H2,1-4H3,(H,18,19). The van der Waals surface area contributed by atoms with E-state index in [0.29, 0.717) is 13.0 Å². The molecule has 6 nitrogen and oxygen atoms in total. The molecule has 0 aliphatic carbocycles. The Bertz CT molecular complexity index is 578. The van der Waals surface area contributed by atoms with Crippen LogP contribution in [0.2, 0.25) is 0 Å². The first-order valence-corrected chi connectivity index (χ1v) is 6.94. The maximum Gasteiger partial charge on any atom is 0.411 e. The summed E-state index contributed by atoms with van der Waals surface area (Å²) in [5, 5.41) is 9.02. The number of carboxylic acid groups (broad SMARTS) is 1. The monoisotopic (exact) mass is 292 g/mol. The molecule has 1 unspecified atom stereocenters. The molecule has 1 N–H and O–H groups in total. The SMILES string of the molecule is CCC1c2ncc(C(=O)O)cc2CN1C(=O)OC(C)(C)C. The van der Waals surface area contributed by atoms with E-state index in [4.69, 9.17) is 9.84 Å². The number of aromatic nitrogens is 1. The average molecular weight is 292 g/mol. The minimum Gasteiger partial charge on any atom is -0.478 e. The van der Waals surface area contributed by atoms with E-state index in [2.05, 4.69) is 4.98 Å². The van der Waals surface area contributed by atoms with Gasteiger partial charge >= 0.3 is 12.1 Å². The van der Waals surface area contributed by atoms with Gasteiger partial charge in [0.25, 0.3) is 0 Å². The number of carbonyl (C=O) groups excluding carboxylic acids is 1. The number of ether oxygens (including phenoxy) is 1. The lowest BCUT2D eigenvalue weighted by atomic mass is 10.1. The molecule has 114 valence electrons. The molecule has 1 atom stereocenters. The third-order valence-corrected chi connectivity index (χ3v) is 3.30. The molecule has 1 aliphatic heterocycles. The lowest BCUT2D eigenvalue weighted by Gasteiger charge is -2.28. The summed E-state index contributed by atoms with van der Waals surface area (Å²) in [4.78, 5) is 29.1. The van der Waals surface area contributed by atoms with Crippen LogP contribution < -0.4 is 0 Å². The quantitative estimate of drug-likeness (QED) is 0.906. The van der Waals surface area contributed by atoms with Gasteiger partial charge in [0.2, 0.25) is 0 Å². The van der Waals surface area contributed by atoms with Crippen LogP contribution in [0.4, 0.5) is 4.79 Å². The second-order valence-electron chi connectivity index (χ2n) is 6.11. The normalized spacial score (nSPS) is 17.5. The number of pyridine rings is 1. The molecule has 0 saturated heterocycles. The topological polar surface area (TPSA) is 79.7 Å². The zero-order valence-electron chi connectivity index (χ0n) is 12.7. The van der Waals surface area contributed by atoms with Gasteiger partial charge in [-0.05, 0) is 38.8 Å². The van der Waals surface area contributed by atoms with Crippen molar-refractivity contribution in [3.8, 4) is 0 Å². The van der Waals surface area contributed by atoms with Crippen LogP contribution in [0.25, 0.3) is 0 Å². The van der Waals surface area contributed by atoms with Crippen molar-refractivity contribution < 1.29 is 19.4 Å². The van der Waals surface area contributed by atoms with Crippen LogP contribution in [0.1, 0.15) is 61.8 Å². The Balaban J connectivity index is 2.28. The Hall–Kier alpha value is -2.11. The van der Waals surface area contributed by atoms with Gasteiger partial charge in [-0.2, -0.15) is 0 Å². The van der Waals surface area contributed by atoms with E-state index in [1.165, 1.54) is 6.20 Å². The molecule has 1 aromatic rings. The molecule has 6 heteroatoms. The van der Waals surface area contributed by atoms with Crippen LogP contribution in [0.15, 0.2) is 12.3 Å². The Kier molecular flexibility index (Phi) is 3.89. The van der Waals surface area contributed by atoms with Gasteiger partial charge in [-0.3, -0.25) is 9.88 Å². The fourth-order valence-electron chi connectivity index (χ4n) is 2.43. The number of carboxylic acids is 1. The van der Waals surface area contributed by atoms with Crippen molar-refractivity contribution in [1.82, 2.24) is 9.88 Å². The molecule has 0 aromatic carbocycles. The largest absolute Gasteiger partial charge is 0.478 e. The van der Waals surface area contributed by atoms with Gasteiger partial charge in [0.1, 0.15) is 5.60 Å². The summed E-state index contributed by atoms with van der Waals surface area (Å²) in [6.07, 6.45) is 1.64. The molecular formula is C15H20N2O4. The van der Waals surface area contributed by atoms with Gasteiger partial charge in [-0.1, -0.05) is 6.92 Å². The highest BCUT2D eigenvalue weighted by Crippen LogP contribution is 2.35. The Morgan fingerprint density at radius 1 is 1.48 bits per heavy atom. The summed E-state index contributed by atoms with van der Waals surface area (Å²) >= 11 is 0. The van der Waals surface area contributed by atoms with Gasteiger partial charge in [0.05, 0.1) is 23.8 Å². The van der Waals surface area contributed by atoms with Crippen LogP contribution in [-0.2, 0) is 11.3 Å². The summed E-state index contributed by atoms with van der Waals surface area (Å²) < 4.78 is 5.41. The zero-order valence-corrected chi connectivity index (χ0v) is 12.7. The number of nitrogens with zero attached hydrogens (tertiary/aromatic N) is 2. The van der Waals surface area contributed by atoms with E-state index in [9.17, 15) is 9.59 Å². The minimum atomic E-state index is -1.02. The number of rotatable bonds is 2. The van der Waals surface area contributed by atoms with Crippen molar-refractivity contribution in [3.05, 3.63) is 29.1 Å². The zero-order chi connectivity index (χ0) is 15.8. The molecule has 0 bridgehead atoms. The van der Waals surface area contributed by atoms with Gasteiger partial charge in [-0.15, -0.1) is 0 Å². The Labute approximate surface area is 123 Å². The van der Waals surface area contributed by atoms with Gasteiger partial charge in [0.15, 0.2) is 0 Å². The summed E-state index contributed by atoms with van der Waals surface area (Å²) in [6.45, 7) is 7.74. The number of fused-ring (bicyclic) bond motifs is 1. The fourth-order valence-corrected chi connectivity index (χ4v) is 2.43. The van der Waals surface area contributed by atoms with E-state index in [1.807, 2.05) is 27.7 Å². The van der Waals surface area contributed by atoms with Crippen molar-refractivity contribution in [2.24, 2.45) is 0 Å². The lowest BCUT2D eigenvalue weighted by molar-refractivity contribution is 0.0166. The molecule has 0 saturated carbocycles. The maximum atomic E-state index is 12.3. The van der Waals surface area contributed by atoms with Crippen LogP contribution in [0.5, 0.6) is 0 Å². The molecule has 21 heavy (non-hydrogen) atoms. The third-order valence-electron chi connectivity index (χ3n) is 3.30. The van der Waals surface area contributed by atoms with Crippen molar-refractivity contribution in [2.75, 3.05) is 0 Å². The molecule has 2 heterocycles. The molecular weight excluding hydrogens is 272 g/mol. The molecule has 0 spiro atoms. The van der Waals surface area contributed by atoms with Crippen molar-refractivity contribution in [3.63, 3.8) is 0 Å². The first-order valence-electron chi connectivity index (χ1n) is 6.94. The molecule has 1 amide bonds. The maximum absolute atomic E-state index is 12.3. The third kappa shape index (κ3) is 3.15. The summed E-state index contributed by atoms with van der Waals surface area (Å²) in [5.41, 5.74) is 1.10. The highest BCUT2D eigenvalue weighted by atomic mass is 16.6. The fraction of sp³-hybridized carbons (Fsp3) is 0.533. The van der Waals surface area contributed by atoms with Gasteiger partial charge in [-0.25, -0.2) is 9.59 Å². The molecule has 1 aromatic heterocycles. The second-order valence-corrected chi connectivity index (χ2v) is 6.11. The van der Waals surface area contributed by atoms with E-state index >= 15 is 0 Å². The Morgan fingerprint density at radius 2 is 2.14 bits per heavy atom. The minimum absolute atomic E-state index is 0.134. The number of aromatic carboxylic acids is 1. The molecule has 1 aliphatic rings. The van der Waals surface area contributed by atoms with Gasteiger partial charge < -0.3 is 9.84 Å². The predicted molar refractivity (Wildman–Crippen MR) is 76.0 cm³/mol. The van der Waals surface area contributed by atoms with E-state index in [-0.39, 0.29) is 11.6 Å². The average Bonchev–Trinajstić information content (AvgIpc) is 2.74. The van der Waals surface area contributed by atoms with E-state index < -0.39 is 17.7 Å². The number of hydrogen-bond donors (Lipinski definition) is 1. The smallest absolute Gasteiger partial charge is 0.411 e. The van der Waals surface area contributed by atoms with E-state index in [0.717, 1.165) is 11.3 Å². The Morgan fingerprint density at radius 3 is 2.67 bits per heavy atom. The summed E-state index contributed by atoms with van der Waals surface area (Å²) in [7, 11) is 0.